The molecule has 0 aliphatic carbocycles. The molecular formula is C39H70O15. The average Bonchev–Trinajstić information content (AvgIpc) is 3.16. The molecule has 316 valence electrons. The van der Waals surface area contributed by atoms with Gasteiger partial charge in [-0.15, -0.1) is 0 Å². The Hall–Kier alpha value is -1.76. The highest BCUT2D eigenvalue weighted by atomic mass is 16.7. The molecule has 2 fully saturated rings. The van der Waals surface area contributed by atoms with E-state index in [1.165, 1.54) is 32.1 Å². The van der Waals surface area contributed by atoms with E-state index in [0.29, 0.717) is 12.8 Å². The van der Waals surface area contributed by atoms with Gasteiger partial charge in [-0.2, -0.15) is 0 Å². The molecule has 0 amide bonds. The van der Waals surface area contributed by atoms with E-state index in [-0.39, 0.29) is 26.1 Å². The van der Waals surface area contributed by atoms with Crippen LogP contribution in [0.4, 0.5) is 0 Å². The van der Waals surface area contributed by atoms with Crippen molar-refractivity contribution in [3.8, 4) is 0 Å². The first kappa shape index (κ1) is 48.4. The summed E-state index contributed by atoms with van der Waals surface area (Å²) in [7, 11) is 0. The Morgan fingerprint density at radius 1 is 0.574 bits per heavy atom. The minimum absolute atomic E-state index is 0.157. The molecule has 11 atom stereocenters. The molecule has 15 nitrogen and oxygen atoms in total. The van der Waals surface area contributed by atoms with E-state index >= 15 is 0 Å². The van der Waals surface area contributed by atoms with Crippen LogP contribution in [-0.4, -0.2) is 142 Å². The van der Waals surface area contributed by atoms with Gasteiger partial charge in [0.05, 0.1) is 19.8 Å². The highest BCUT2D eigenvalue weighted by Crippen LogP contribution is 2.26. The largest absolute Gasteiger partial charge is 0.462 e. The summed E-state index contributed by atoms with van der Waals surface area (Å²) in [6, 6.07) is 0. The van der Waals surface area contributed by atoms with E-state index in [1.807, 2.05) is 0 Å². The normalized spacial score (nSPS) is 29.4. The summed E-state index contributed by atoms with van der Waals surface area (Å²) in [5, 5.41) is 71.4. The molecule has 0 aromatic rings. The van der Waals surface area contributed by atoms with E-state index in [0.717, 1.165) is 57.8 Å². The average molecular weight is 779 g/mol. The summed E-state index contributed by atoms with van der Waals surface area (Å²) in [5.74, 6) is -0.956. The van der Waals surface area contributed by atoms with E-state index in [9.17, 15) is 45.3 Å². The Morgan fingerprint density at radius 3 is 1.65 bits per heavy atom. The van der Waals surface area contributed by atoms with Crippen LogP contribution in [-0.2, 0) is 38.0 Å². The van der Waals surface area contributed by atoms with Crippen LogP contribution in [0.2, 0.25) is 0 Å². The Morgan fingerprint density at radius 2 is 1.06 bits per heavy atom. The van der Waals surface area contributed by atoms with Gasteiger partial charge in [-0.3, -0.25) is 9.59 Å². The molecule has 0 radical (unpaired) electrons. The predicted molar refractivity (Wildman–Crippen MR) is 197 cm³/mol. The van der Waals surface area contributed by atoms with Crippen molar-refractivity contribution in [3.63, 3.8) is 0 Å². The first-order valence-electron chi connectivity index (χ1n) is 20.3. The van der Waals surface area contributed by atoms with Crippen molar-refractivity contribution in [3.05, 3.63) is 12.2 Å². The smallest absolute Gasteiger partial charge is 0.306 e. The Bertz CT molecular complexity index is 1010. The third-order valence-electron chi connectivity index (χ3n) is 9.74. The minimum atomic E-state index is -1.76. The Kier molecular flexibility index (Phi) is 25.6. The number of aliphatic hydroxyl groups excluding tert-OH is 7. The molecule has 54 heavy (non-hydrogen) atoms. The van der Waals surface area contributed by atoms with Crippen molar-refractivity contribution in [2.45, 2.75) is 197 Å². The number of rotatable bonds is 29. The number of carbonyl (C=O) groups excluding carboxylic acids is 2. The summed E-state index contributed by atoms with van der Waals surface area (Å²) in [5.41, 5.74) is 0. The van der Waals surface area contributed by atoms with Crippen LogP contribution >= 0.6 is 0 Å². The van der Waals surface area contributed by atoms with Gasteiger partial charge < -0.3 is 64.2 Å². The van der Waals surface area contributed by atoms with E-state index in [1.54, 1.807) is 0 Å². The summed E-state index contributed by atoms with van der Waals surface area (Å²) >= 11 is 0. The molecule has 0 aromatic heterocycles. The molecule has 2 saturated heterocycles. The SMILES string of the molecule is CCCCCCC/C=C\CCCCCCCC(=O)OC(COC(=O)CCCCCC)COC1OC(COC2OC(CO)C(O)C(O)C2O)C(O)C(O)C1O. The lowest BCUT2D eigenvalue weighted by molar-refractivity contribution is -0.332. The van der Waals surface area contributed by atoms with Crippen molar-refractivity contribution in [2.75, 3.05) is 26.4 Å². The predicted octanol–water partition coefficient (Wildman–Crippen LogP) is 2.70. The van der Waals surface area contributed by atoms with Gasteiger partial charge in [-0.05, 0) is 38.5 Å². The first-order valence-corrected chi connectivity index (χ1v) is 20.3. The second-order valence-corrected chi connectivity index (χ2v) is 14.5. The molecule has 0 bridgehead atoms. The van der Waals surface area contributed by atoms with Gasteiger partial charge in [-0.1, -0.05) is 90.2 Å². The fraction of sp³-hybridized carbons (Fsp3) is 0.897. The van der Waals surface area contributed by atoms with Crippen molar-refractivity contribution in [1.82, 2.24) is 0 Å². The van der Waals surface area contributed by atoms with Gasteiger partial charge in [0.1, 0.15) is 55.4 Å². The maximum atomic E-state index is 12.8. The lowest BCUT2D eigenvalue weighted by Gasteiger charge is -2.42. The van der Waals surface area contributed by atoms with Crippen LogP contribution in [0.5, 0.6) is 0 Å². The van der Waals surface area contributed by atoms with Crippen molar-refractivity contribution in [1.29, 1.82) is 0 Å². The number of unbranched alkanes of at least 4 members (excludes halogenated alkanes) is 13. The van der Waals surface area contributed by atoms with Crippen molar-refractivity contribution < 1.29 is 73.8 Å². The number of hydrogen-bond donors (Lipinski definition) is 7. The quantitative estimate of drug-likeness (QED) is 0.0329. The topological polar surface area (TPSA) is 231 Å². The van der Waals surface area contributed by atoms with Gasteiger partial charge in [-0.25, -0.2) is 0 Å². The summed E-state index contributed by atoms with van der Waals surface area (Å²) in [6.45, 7) is 2.39. The van der Waals surface area contributed by atoms with E-state index < -0.39 is 92.7 Å². The third kappa shape index (κ3) is 18.5. The maximum Gasteiger partial charge on any atom is 0.306 e. The number of aliphatic hydroxyl groups is 7. The zero-order valence-electron chi connectivity index (χ0n) is 32.5. The number of carbonyl (C=O) groups is 2. The fourth-order valence-corrected chi connectivity index (χ4v) is 6.27. The molecule has 15 heteroatoms. The molecule has 7 N–H and O–H groups in total. The van der Waals surface area contributed by atoms with Gasteiger partial charge in [0.25, 0.3) is 0 Å². The zero-order valence-corrected chi connectivity index (χ0v) is 32.5. The van der Waals surface area contributed by atoms with E-state index in [2.05, 4.69) is 26.0 Å². The Balaban J connectivity index is 1.85. The summed E-state index contributed by atoms with van der Waals surface area (Å²) in [6.07, 6.45) is 4.86. The molecule has 2 aliphatic rings. The summed E-state index contributed by atoms with van der Waals surface area (Å²) < 4.78 is 33.1. The molecule has 2 heterocycles. The summed E-state index contributed by atoms with van der Waals surface area (Å²) in [4.78, 5) is 25.2. The second-order valence-electron chi connectivity index (χ2n) is 14.5. The van der Waals surface area contributed by atoms with Crippen LogP contribution in [0.3, 0.4) is 0 Å². The zero-order chi connectivity index (χ0) is 39.7. The standard InChI is InChI=1S/C39H70O15/c1-3-5-7-9-10-11-12-13-14-15-16-17-18-20-22-31(42)52-27(24-49-30(41)21-19-8-6-4-2)25-50-38-37(48)35(46)33(44)29(54-38)26-51-39-36(47)34(45)32(43)28(23-40)53-39/h12-13,27-29,32-40,43-48H,3-11,14-26H2,1-2H3/b13-12-. The molecule has 2 rings (SSSR count). The molecule has 0 aromatic carbocycles. The molecular weight excluding hydrogens is 708 g/mol. The first-order chi connectivity index (χ1) is 26.0. The second kappa shape index (κ2) is 28.6. The third-order valence-corrected chi connectivity index (χ3v) is 9.74. The van der Waals surface area contributed by atoms with Crippen LogP contribution in [0, 0.1) is 0 Å². The fourth-order valence-electron chi connectivity index (χ4n) is 6.27. The Labute approximate surface area is 320 Å². The lowest BCUT2D eigenvalue weighted by atomic mass is 9.98. The van der Waals surface area contributed by atoms with E-state index in [4.69, 9.17) is 28.4 Å². The lowest BCUT2D eigenvalue weighted by Crippen LogP contribution is -2.61. The molecule has 0 spiro atoms. The van der Waals surface area contributed by atoms with Gasteiger partial charge >= 0.3 is 11.9 Å². The van der Waals surface area contributed by atoms with Gasteiger partial charge in [0.15, 0.2) is 18.7 Å². The number of esters is 2. The number of ether oxygens (including phenoxy) is 6. The highest BCUT2D eigenvalue weighted by molar-refractivity contribution is 5.70. The van der Waals surface area contributed by atoms with Gasteiger partial charge in [0.2, 0.25) is 0 Å². The molecule has 11 unspecified atom stereocenters. The van der Waals surface area contributed by atoms with Crippen LogP contribution in [0.1, 0.15) is 129 Å². The maximum absolute atomic E-state index is 12.8. The molecule has 0 saturated carbocycles. The number of allylic oxidation sites excluding steroid dienone is 2. The van der Waals surface area contributed by atoms with Crippen molar-refractivity contribution in [2.24, 2.45) is 0 Å². The monoisotopic (exact) mass is 778 g/mol. The molecule has 2 aliphatic heterocycles. The van der Waals surface area contributed by atoms with Crippen LogP contribution < -0.4 is 0 Å². The highest BCUT2D eigenvalue weighted by Gasteiger charge is 2.47. The number of hydrogen-bond acceptors (Lipinski definition) is 15. The minimum Gasteiger partial charge on any atom is -0.462 e. The van der Waals surface area contributed by atoms with Crippen LogP contribution in [0.25, 0.3) is 0 Å². The van der Waals surface area contributed by atoms with Crippen molar-refractivity contribution >= 4 is 11.9 Å². The van der Waals surface area contributed by atoms with Gasteiger partial charge in [0, 0.05) is 12.8 Å². The van der Waals surface area contributed by atoms with Crippen LogP contribution in [0.15, 0.2) is 12.2 Å².